The summed E-state index contributed by atoms with van der Waals surface area (Å²) in [4.78, 5) is 16.3. The van der Waals surface area contributed by atoms with Gasteiger partial charge in [-0.05, 0) is 33.6 Å². The lowest BCUT2D eigenvalue weighted by atomic mass is 10.1. The van der Waals surface area contributed by atoms with Gasteiger partial charge in [0.1, 0.15) is 4.47 Å². The van der Waals surface area contributed by atoms with Gasteiger partial charge in [-0.25, -0.2) is 4.68 Å². The van der Waals surface area contributed by atoms with Gasteiger partial charge in [-0.3, -0.25) is 4.79 Å². The van der Waals surface area contributed by atoms with E-state index in [1.165, 1.54) is 15.9 Å². The van der Waals surface area contributed by atoms with Gasteiger partial charge in [0.2, 0.25) is 0 Å². The molecule has 0 bridgehead atoms. The molecule has 24 heavy (non-hydrogen) atoms. The first kappa shape index (κ1) is 17.0. The van der Waals surface area contributed by atoms with Crippen LogP contribution in [0.4, 0.5) is 11.4 Å². The second-order valence-electron chi connectivity index (χ2n) is 5.89. The zero-order valence-corrected chi connectivity index (χ0v) is 15.5. The number of rotatable bonds is 4. The van der Waals surface area contributed by atoms with E-state index in [-0.39, 0.29) is 5.56 Å². The number of aryl methyl sites for hydroxylation is 1. The first-order valence-corrected chi connectivity index (χ1v) is 8.70. The van der Waals surface area contributed by atoms with Gasteiger partial charge in [-0.1, -0.05) is 12.1 Å². The van der Waals surface area contributed by atoms with Crippen molar-refractivity contribution in [1.29, 1.82) is 0 Å². The highest BCUT2D eigenvalue weighted by Gasteiger charge is 2.13. The Hall–Kier alpha value is -1.86. The van der Waals surface area contributed by atoms with Crippen LogP contribution in [0.15, 0.2) is 39.7 Å². The van der Waals surface area contributed by atoms with Gasteiger partial charge in [0, 0.05) is 39.4 Å². The molecule has 1 aliphatic heterocycles. The van der Waals surface area contributed by atoms with Crippen molar-refractivity contribution < 1.29 is 4.74 Å². The van der Waals surface area contributed by atoms with Crippen molar-refractivity contribution in [3.8, 4) is 0 Å². The van der Waals surface area contributed by atoms with Gasteiger partial charge in [0.05, 0.1) is 25.1 Å². The van der Waals surface area contributed by atoms with Crippen molar-refractivity contribution in [2.75, 3.05) is 43.2 Å². The lowest BCUT2D eigenvalue weighted by molar-refractivity contribution is 0.122. The van der Waals surface area contributed by atoms with E-state index >= 15 is 0 Å². The second kappa shape index (κ2) is 7.36. The topological polar surface area (TPSA) is 50.6 Å². The normalized spacial score (nSPS) is 14.7. The Labute approximate surface area is 149 Å². The van der Waals surface area contributed by atoms with Crippen molar-refractivity contribution >= 4 is 27.3 Å². The van der Waals surface area contributed by atoms with E-state index in [2.05, 4.69) is 50.2 Å². The van der Waals surface area contributed by atoms with Crippen LogP contribution in [0.5, 0.6) is 0 Å². The SMILES string of the molecule is CN(Cc1ccc(N2CCOCC2)cc1)c1cnn(C)c(=O)c1Br. The van der Waals surface area contributed by atoms with Gasteiger partial charge in [-0.15, -0.1) is 0 Å². The van der Waals surface area contributed by atoms with Crippen LogP contribution in [0.25, 0.3) is 0 Å². The number of anilines is 2. The average molecular weight is 393 g/mol. The standard InChI is InChI=1S/C17H21BrN4O2/c1-20(15-11-19-21(2)17(23)16(15)18)12-13-3-5-14(6-4-13)22-7-9-24-10-8-22/h3-6,11H,7-10,12H2,1-2H3. The number of ether oxygens (including phenoxy) is 1. The van der Waals surface area contributed by atoms with Crippen molar-refractivity contribution in [2.45, 2.75) is 6.54 Å². The maximum Gasteiger partial charge on any atom is 0.282 e. The third kappa shape index (κ3) is 3.62. The van der Waals surface area contributed by atoms with E-state index in [0.717, 1.165) is 32.0 Å². The molecule has 0 radical (unpaired) electrons. The van der Waals surface area contributed by atoms with Crippen LogP contribution in [0.2, 0.25) is 0 Å². The molecule has 3 rings (SSSR count). The predicted octanol–water partition coefficient (Wildman–Crippen LogP) is 2.02. The van der Waals surface area contributed by atoms with Crippen molar-refractivity contribution in [2.24, 2.45) is 7.05 Å². The number of benzene rings is 1. The molecule has 2 aromatic rings. The van der Waals surface area contributed by atoms with Crippen LogP contribution >= 0.6 is 15.9 Å². The summed E-state index contributed by atoms with van der Waals surface area (Å²) < 4.78 is 7.24. The molecule has 6 nitrogen and oxygen atoms in total. The van der Waals surface area contributed by atoms with Gasteiger partial charge >= 0.3 is 0 Å². The van der Waals surface area contributed by atoms with Crippen molar-refractivity contribution in [3.63, 3.8) is 0 Å². The molecule has 7 heteroatoms. The van der Waals surface area contributed by atoms with E-state index in [0.29, 0.717) is 11.0 Å². The molecule has 1 aromatic heterocycles. The summed E-state index contributed by atoms with van der Waals surface area (Å²) in [7, 11) is 3.60. The number of halogens is 1. The Kier molecular flexibility index (Phi) is 5.20. The third-order valence-electron chi connectivity index (χ3n) is 4.20. The van der Waals surface area contributed by atoms with Crippen molar-refractivity contribution in [1.82, 2.24) is 9.78 Å². The molecule has 1 aromatic carbocycles. The van der Waals surface area contributed by atoms with Crippen molar-refractivity contribution in [3.05, 3.63) is 50.9 Å². The third-order valence-corrected chi connectivity index (χ3v) is 4.95. The zero-order valence-electron chi connectivity index (χ0n) is 13.9. The summed E-state index contributed by atoms with van der Waals surface area (Å²) in [6.07, 6.45) is 1.70. The minimum Gasteiger partial charge on any atom is -0.378 e. The summed E-state index contributed by atoms with van der Waals surface area (Å²) in [5.74, 6) is 0. The highest BCUT2D eigenvalue weighted by Crippen LogP contribution is 2.23. The molecule has 0 spiro atoms. The predicted molar refractivity (Wildman–Crippen MR) is 98.8 cm³/mol. The number of hydrogen-bond donors (Lipinski definition) is 0. The summed E-state index contributed by atoms with van der Waals surface area (Å²) >= 11 is 3.38. The van der Waals surface area contributed by atoms with Gasteiger partial charge in [0.15, 0.2) is 0 Å². The zero-order chi connectivity index (χ0) is 17.1. The Morgan fingerprint density at radius 2 is 1.92 bits per heavy atom. The molecule has 0 amide bonds. The first-order valence-electron chi connectivity index (χ1n) is 7.91. The maximum absolute atomic E-state index is 12.0. The van der Waals surface area contributed by atoms with Crippen LogP contribution in [0.3, 0.4) is 0 Å². The highest BCUT2D eigenvalue weighted by molar-refractivity contribution is 9.10. The van der Waals surface area contributed by atoms with E-state index in [4.69, 9.17) is 4.74 Å². The molecule has 2 heterocycles. The maximum atomic E-state index is 12.0. The molecule has 1 saturated heterocycles. The van der Waals surface area contributed by atoms with Gasteiger partial charge in [0.25, 0.3) is 5.56 Å². The number of hydrogen-bond acceptors (Lipinski definition) is 5. The summed E-state index contributed by atoms with van der Waals surface area (Å²) in [5.41, 5.74) is 3.06. The first-order chi connectivity index (χ1) is 11.6. The number of morpholine rings is 1. The Balaban J connectivity index is 1.71. The smallest absolute Gasteiger partial charge is 0.282 e. The molecule has 0 unspecified atom stereocenters. The molecular formula is C17H21BrN4O2. The van der Waals surface area contributed by atoms with Crippen LogP contribution in [-0.4, -0.2) is 43.1 Å². The van der Waals surface area contributed by atoms with E-state index in [9.17, 15) is 4.79 Å². The lowest BCUT2D eigenvalue weighted by Gasteiger charge is -2.29. The summed E-state index contributed by atoms with van der Waals surface area (Å²) in [6.45, 7) is 4.15. The fraction of sp³-hybridized carbons (Fsp3) is 0.412. The molecule has 0 saturated carbocycles. The van der Waals surface area contributed by atoms with Crippen LogP contribution in [0, 0.1) is 0 Å². The Morgan fingerprint density at radius 3 is 2.58 bits per heavy atom. The molecular weight excluding hydrogens is 372 g/mol. The summed E-state index contributed by atoms with van der Waals surface area (Å²) in [5, 5.41) is 4.09. The Bertz CT molecular complexity index is 754. The average Bonchev–Trinajstić information content (AvgIpc) is 2.61. The molecule has 0 atom stereocenters. The minimum atomic E-state index is -0.137. The van der Waals surface area contributed by atoms with Crippen LogP contribution < -0.4 is 15.4 Å². The molecule has 0 aliphatic carbocycles. The number of aromatic nitrogens is 2. The highest BCUT2D eigenvalue weighted by atomic mass is 79.9. The van der Waals surface area contributed by atoms with Gasteiger partial charge < -0.3 is 14.5 Å². The van der Waals surface area contributed by atoms with Gasteiger partial charge in [-0.2, -0.15) is 5.10 Å². The van der Waals surface area contributed by atoms with Crippen LogP contribution in [-0.2, 0) is 18.3 Å². The molecule has 0 N–H and O–H groups in total. The monoisotopic (exact) mass is 392 g/mol. The molecule has 128 valence electrons. The van der Waals surface area contributed by atoms with E-state index < -0.39 is 0 Å². The largest absolute Gasteiger partial charge is 0.378 e. The number of nitrogens with zero attached hydrogens (tertiary/aromatic N) is 4. The van der Waals surface area contributed by atoms with E-state index in [1.807, 2.05) is 11.9 Å². The van der Waals surface area contributed by atoms with E-state index in [1.54, 1.807) is 13.2 Å². The molecule has 1 fully saturated rings. The Morgan fingerprint density at radius 1 is 1.25 bits per heavy atom. The lowest BCUT2D eigenvalue weighted by Crippen LogP contribution is -2.36. The van der Waals surface area contributed by atoms with Crippen LogP contribution in [0.1, 0.15) is 5.56 Å². The quantitative estimate of drug-likeness (QED) is 0.796. The molecule has 1 aliphatic rings. The second-order valence-corrected chi connectivity index (χ2v) is 6.69. The minimum absolute atomic E-state index is 0.137. The summed E-state index contributed by atoms with van der Waals surface area (Å²) in [6, 6.07) is 8.55. The fourth-order valence-electron chi connectivity index (χ4n) is 2.76. The fourth-order valence-corrected chi connectivity index (χ4v) is 3.42.